The summed E-state index contributed by atoms with van der Waals surface area (Å²) in [5.41, 5.74) is 11.6. The number of hydrogen-bond donors (Lipinski definition) is 2. The van der Waals surface area contributed by atoms with Gasteiger partial charge < -0.3 is 16.4 Å². The first-order chi connectivity index (χ1) is 8.15. The number of nitrogens with zero attached hydrogens (tertiary/aromatic N) is 2. The van der Waals surface area contributed by atoms with Crippen LogP contribution in [0.25, 0.3) is 0 Å². The zero-order valence-corrected chi connectivity index (χ0v) is 10.7. The molecule has 1 aromatic heterocycles. The first-order valence-electron chi connectivity index (χ1n) is 5.10. The fourth-order valence-electron chi connectivity index (χ4n) is 1.74. The number of anilines is 2. The molecule has 0 atom stereocenters. The topological polar surface area (TPSA) is 96.1 Å². The third kappa shape index (κ3) is 2.18. The maximum absolute atomic E-state index is 11.4. The van der Waals surface area contributed by atoms with Crippen LogP contribution in [0.2, 0.25) is 0 Å². The minimum atomic E-state index is -0.562. The summed E-state index contributed by atoms with van der Waals surface area (Å²) in [5.74, 6) is 1.46. The lowest BCUT2D eigenvalue weighted by molar-refractivity contribution is 0.100. The van der Waals surface area contributed by atoms with Crippen molar-refractivity contribution in [2.24, 2.45) is 5.73 Å². The summed E-state index contributed by atoms with van der Waals surface area (Å²) in [6.07, 6.45) is 0. The van der Waals surface area contributed by atoms with Crippen LogP contribution in [0.5, 0.6) is 0 Å². The molecule has 2 heterocycles. The molecular weight excluding hydrogens is 256 g/mol. The van der Waals surface area contributed by atoms with Crippen LogP contribution in [-0.2, 0) is 0 Å². The van der Waals surface area contributed by atoms with E-state index in [0.29, 0.717) is 10.4 Å². The second-order valence-electron chi connectivity index (χ2n) is 3.60. The summed E-state index contributed by atoms with van der Waals surface area (Å²) in [6, 6.07) is 2.00. The molecule has 0 unspecified atom stereocenters. The smallest absolute Gasteiger partial charge is 0.253 e. The molecule has 0 aromatic carbocycles. The van der Waals surface area contributed by atoms with E-state index in [4.69, 9.17) is 16.7 Å². The van der Waals surface area contributed by atoms with Crippen LogP contribution in [0.15, 0.2) is 0 Å². The van der Waals surface area contributed by atoms with Gasteiger partial charge in [0.1, 0.15) is 15.9 Å². The van der Waals surface area contributed by atoms with Gasteiger partial charge in [-0.05, 0) is 0 Å². The monoisotopic (exact) mass is 268 g/mol. The number of hydrogen-bond acceptors (Lipinski definition) is 6. The largest absolute Gasteiger partial charge is 0.396 e. The summed E-state index contributed by atoms with van der Waals surface area (Å²) in [5, 5.41) is 9.68. The molecule has 1 amide bonds. The average molecular weight is 268 g/mol. The van der Waals surface area contributed by atoms with Crippen LogP contribution in [0, 0.1) is 11.3 Å². The molecule has 0 bridgehead atoms. The van der Waals surface area contributed by atoms with Gasteiger partial charge in [0.2, 0.25) is 0 Å². The van der Waals surface area contributed by atoms with E-state index in [2.05, 4.69) is 4.90 Å². The molecule has 1 fully saturated rings. The second kappa shape index (κ2) is 4.85. The standard InChI is InChI=1S/C10H12N4OS2/c11-5-6-8(12)7(9(13)15)10(17-6)14-1-3-16-4-2-14/h1-4,12H2,(H2,13,15). The third-order valence-electron chi connectivity index (χ3n) is 2.57. The Labute approximate surface area is 107 Å². The number of nitrogen functional groups attached to an aromatic ring is 1. The molecule has 5 nitrogen and oxygen atoms in total. The Bertz CT molecular complexity index is 485. The Morgan fingerprint density at radius 3 is 2.59 bits per heavy atom. The quantitative estimate of drug-likeness (QED) is 0.829. The first-order valence-corrected chi connectivity index (χ1v) is 7.07. The van der Waals surface area contributed by atoms with Gasteiger partial charge >= 0.3 is 0 Å². The highest BCUT2D eigenvalue weighted by molar-refractivity contribution is 7.99. The van der Waals surface area contributed by atoms with Crippen molar-refractivity contribution in [1.29, 1.82) is 5.26 Å². The van der Waals surface area contributed by atoms with Crippen LogP contribution >= 0.6 is 23.1 Å². The van der Waals surface area contributed by atoms with E-state index >= 15 is 0 Å². The molecule has 0 spiro atoms. The average Bonchev–Trinajstić information content (AvgIpc) is 2.67. The minimum absolute atomic E-state index is 0.221. The van der Waals surface area contributed by atoms with Crippen molar-refractivity contribution < 1.29 is 4.79 Å². The molecule has 1 aromatic rings. The molecule has 1 aliphatic heterocycles. The van der Waals surface area contributed by atoms with Gasteiger partial charge in [0, 0.05) is 24.6 Å². The number of thiophene rings is 1. The van der Waals surface area contributed by atoms with E-state index in [1.54, 1.807) is 0 Å². The van der Waals surface area contributed by atoms with Crippen LogP contribution in [-0.4, -0.2) is 30.5 Å². The van der Waals surface area contributed by atoms with Gasteiger partial charge in [0.25, 0.3) is 5.91 Å². The van der Waals surface area contributed by atoms with Crippen LogP contribution < -0.4 is 16.4 Å². The number of carbonyl (C=O) groups excluding carboxylic acids is 1. The summed E-state index contributed by atoms with van der Waals surface area (Å²) < 4.78 is 0. The molecular formula is C10H12N4OS2. The fourth-order valence-corrected chi connectivity index (χ4v) is 3.72. The number of thioether (sulfide) groups is 1. The summed E-state index contributed by atoms with van der Waals surface area (Å²) in [6.45, 7) is 1.71. The summed E-state index contributed by atoms with van der Waals surface area (Å²) >= 11 is 3.13. The maximum atomic E-state index is 11.4. The van der Waals surface area contributed by atoms with E-state index in [-0.39, 0.29) is 5.69 Å². The van der Waals surface area contributed by atoms with Gasteiger partial charge in [-0.1, -0.05) is 0 Å². The molecule has 0 aliphatic carbocycles. The molecule has 4 N–H and O–H groups in total. The number of carbonyl (C=O) groups is 1. The normalized spacial score (nSPS) is 15.6. The van der Waals surface area contributed by atoms with E-state index in [1.165, 1.54) is 11.3 Å². The molecule has 2 rings (SSSR count). The van der Waals surface area contributed by atoms with Crippen LogP contribution in [0.1, 0.15) is 15.2 Å². The number of nitrogens with two attached hydrogens (primary N) is 2. The predicted molar refractivity (Wildman–Crippen MR) is 71.5 cm³/mol. The number of rotatable bonds is 2. The summed E-state index contributed by atoms with van der Waals surface area (Å²) in [4.78, 5) is 13.9. The Balaban J connectivity index is 2.45. The Kier molecular flexibility index (Phi) is 3.45. The molecule has 90 valence electrons. The molecule has 7 heteroatoms. The lowest BCUT2D eigenvalue weighted by Crippen LogP contribution is -2.33. The van der Waals surface area contributed by atoms with E-state index in [9.17, 15) is 4.79 Å². The highest BCUT2D eigenvalue weighted by Crippen LogP contribution is 2.38. The van der Waals surface area contributed by atoms with Crippen molar-refractivity contribution in [2.75, 3.05) is 35.2 Å². The highest BCUT2D eigenvalue weighted by atomic mass is 32.2. The molecule has 17 heavy (non-hydrogen) atoms. The second-order valence-corrected chi connectivity index (χ2v) is 5.82. The molecule has 0 saturated carbocycles. The van der Waals surface area contributed by atoms with Crippen molar-refractivity contribution in [2.45, 2.75) is 0 Å². The summed E-state index contributed by atoms with van der Waals surface area (Å²) in [7, 11) is 0. The predicted octanol–water partition coefficient (Wildman–Crippen LogP) is 0.854. The van der Waals surface area contributed by atoms with Gasteiger partial charge in [-0.25, -0.2) is 0 Å². The van der Waals surface area contributed by atoms with Crippen molar-refractivity contribution in [3.8, 4) is 6.07 Å². The van der Waals surface area contributed by atoms with Gasteiger partial charge in [0.05, 0.1) is 11.3 Å². The Hall–Kier alpha value is -1.39. The molecule has 0 radical (unpaired) electrons. The molecule has 1 saturated heterocycles. The lowest BCUT2D eigenvalue weighted by Gasteiger charge is -2.27. The number of amides is 1. The fraction of sp³-hybridized carbons (Fsp3) is 0.400. The zero-order valence-electron chi connectivity index (χ0n) is 9.10. The van der Waals surface area contributed by atoms with Gasteiger partial charge in [-0.15, -0.1) is 11.3 Å². The van der Waals surface area contributed by atoms with E-state index in [0.717, 1.165) is 29.6 Å². The Morgan fingerprint density at radius 1 is 1.41 bits per heavy atom. The van der Waals surface area contributed by atoms with Crippen LogP contribution in [0.3, 0.4) is 0 Å². The number of nitriles is 1. The highest BCUT2D eigenvalue weighted by Gasteiger charge is 2.25. The zero-order chi connectivity index (χ0) is 12.4. The van der Waals surface area contributed by atoms with Gasteiger partial charge in [-0.3, -0.25) is 4.79 Å². The van der Waals surface area contributed by atoms with Crippen LogP contribution in [0.4, 0.5) is 10.7 Å². The lowest BCUT2D eigenvalue weighted by atomic mass is 10.2. The van der Waals surface area contributed by atoms with Gasteiger partial charge in [0.15, 0.2) is 0 Å². The number of primary amides is 1. The first kappa shape index (κ1) is 12.1. The minimum Gasteiger partial charge on any atom is -0.396 e. The van der Waals surface area contributed by atoms with Gasteiger partial charge in [-0.2, -0.15) is 17.0 Å². The van der Waals surface area contributed by atoms with Crippen molar-refractivity contribution in [3.05, 3.63) is 10.4 Å². The maximum Gasteiger partial charge on any atom is 0.253 e. The van der Waals surface area contributed by atoms with E-state index in [1.807, 2.05) is 17.8 Å². The van der Waals surface area contributed by atoms with E-state index < -0.39 is 5.91 Å². The van der Waals surface area contributed by atoms with Crippen molar-refractivity contribution >= 4 is 39.7 Å². The van der Waals surface area contributed by atoms with Crippen molar-refractivity contribution in [3.63, 3.8) is 0 Å². The SMILES string of the molecule is N#Cc1sc(N2CCSCC2)c(C(N)=O)c1N. The Morgan fingerprint density at radius 2 is 2.06 bits per heavy atom. The van der Waals surface area contributed by atoms with Crippen molar-refractivity contribution in [1.82, 2.24) is 0 Å². The third-order valence-corrected chi connectivity index (χ3v) is 4.69. The molecule has 1 aliphatic rings.